The monoisotopic (exact) mass is 739 g/mol. The molecule has 0 aromatic carbocycles. The molecule has 0 fully saturated rings. The number of rotatable bonds is 40. The average molecular weight is 739 g/mol. The number of hydrogen-bond acceptors (Lipinski definition) is 6. The molecule has 0 radical (unpaired) electrons. The van der Waals surface area contributed by atoms with Crippen LogP contribution in [0.5, 0.6) is 0 Å². The zero-order valence-electron chi connectivity index (χ0n) is 33.8. The van der Waals surface area contributed by atoms with Crippen LogP contribution in [0.15, 0.2) is 0 Å². The van der Waals surface area contributed by atoms with Gasteiger partial charge in [-0.3, -0.25) is 14.4 Å². The second-order valence-electron chi connectivity index (χ2n) is 15.2. The minimum Gasteiger partial charge on any atom is -0.480 e. The van der Waals surface area contributed by atoms with E-state index in [1.165, 1.54) is 135 Å². The second-order valence-corrected chi connectivity index (χ2v) is 15.2. The standard InChI is InChI=1S/C43H82N2O7/c1-3-5-7-9-11-13-15-16-17-18-20-22-27-31-35-42(49)52-38(32-28-24-21-19-14-12-10-8-6-4-2)33-29-25-23-26-30-34-40(47)44-36-41(48)45-39(37-46)43(50)51/h38-39,46H,3-37H2,1-2H3,(H,44,47)(H,45,48)(H,50,51). The molecule has 0 saturated carbocycles. The summed E-state index contributed by atoms with van der Waals surface area (Å²) in [6.07, 6.45) is 38.4. The Labute approximate surface area is 319 Å². The zero-order valence-corrected chi connectivity index (χ0v) is 33.8. The van der Waals surface area contributed by atoms with Crippen molar-refractivity contribution in [3.8, 4) is 0 Å². The van der Waals surface area contributed by atoms with Crippen molar-refractivity contribution in [1.29, 1.82) is 0 Å². The lowest BCUT2D eigenvalue weighted by atomic mass is 10.0. The van der Waals surface area contributed by atoms with E-state index in [2.05, 4.69) is 24.5 Å². The summed E-state index contributed by atoms with van der Waals surface area (Å²) in [7, 11) is 0. The minimum atomic E-state index is -1.38. The van der Waals surface area contributed by atoms with Gasteiger partial charge in [-0.25, -0.2) is 4.79 Å². The number of carboxylic acids is 1. The minimum absolute atomic E-state index is 0.00308. The van der Waals surface area contributed by atoms with E-state index in [0.717, 1.165) is 57.8 Å². The van der Waals surface area contributed by atoms with Crippen molar-refractivity contribution in [2.24, 2.45) is 0 Å². The van der Waals surface area contributed by atoms with Crippen LogP contribution in [0.25, 0.3) is 0 Å². The molecule has 0 spiro atoms. The number of carbonyl (C=O) groups excluding carboxylic acids is 3. The number of unbranched alkanes of at least 4 members (excludes halogenated alkanes) is 26. The molecular weight excluding hydrogens is 656 g/mol. The summed E-state index contributed by atoms with van der Waals surface area (Å²) in [5.74, 6) is -2.27. The van der Waals surface area contributed by atoms with E-state index in [4.69, 9.17) is 14.9 Å². The third-order valence-electron chi connectivity index (χ3n) is 10.1. The number of carbonyl (C=O) groups is 4. The van der Waals surface area contributed by atoms with Gasteiger partial charge in [-0.15, -0.1) is 0 Å². The first-order valence-corrected chi connectivity index (χ1v) is 21.9. The summed E-state index contributed by atoms with van der Waals surface area (Å²) < 4.78 is 6.03. The van der Waals surface area contributed by atoms with E-state index >= 15 is 0 Å². The number of hydrogen-bond donors (Lipinski definition) is 4. The average Bonchev–Trinajstić information content (AvgIpc) is 3.13. The van der Waals surface area contributed by atoms with Gasteiger partial charge in [0.05, 0.1) is 13.2 Å². The first kappa shape index (κ1) is 49.8. The highest BCUT2D eigenvalue weighted by Gasteiger charge is 2.19. The van der Waals surface area contributed by atoms with E-state index in [0.29, 0.717) is 19.3 Å². The molecule has 0 aliphatic rings. The van der Waals surface area contributed by atoms with Crippen LogP contribution in [0.2, 0.25) is 0 Å². The molecule has 2 amide bonds. The van der Waals surface area contributed by atoms with Gasteiger partial charge in [0.1, 0.15) is 12.1 Å². The molecule has 0 heterocycles. The molecule has 0 bridgehead atoms. The van der Waals surface area contributed by atoms with Gasteiger partial charge < -0.3 is 25.6 Å². The summed E-state index contributed by atoms with van der Waals surface area (Å²) in [5.41, 5.74) is 0. The van der Waals surface area contributed by atoms with E-state index in [1.54, 1.807) is 0 Å². The summed E-state index contributed by atoms with van der Waals surface area (Å²) in [4.78, 5) is 47.5. The molecule has 2 atom stereocenters. The Bertz CT molecular complexity index is 853. The highest BCUT2D eigenvalue weighted by atomic mass is 16.5. The fourth-order valence-corrected chi connectivity index (χ4v) is 6.72. The van der Waals surface area contributed by atoms with Gasteiger partial charge in [0, 0.05) is 12.8 Å². The Morgan fingerprint density at radius 2 is 0.865 bits per heavy atom. The van der Waals surface area contributed by atoms with Crippen molar-refractivity contribution < 1.29 is 34.1 Å². The number of carboxylic acid groups (broad SMARTS) is 1. The number of aliphatic hydroxyl groups excluding tert-OH is 1. The summed E-state index contributed by atoms with van der Waals surface area (Å²) in [5, 5.41) is 22.5. The van der Waals surface area contributed by atoms with Crippen LogP contribution in [0.4, 0.5) is 0 Å². The largest absolute Gasteiger partial charge is 0.480 e. The Hall–Kier alpha value is -2.16. The van der Waals surface area contributed by atoms with Crippen molar-refractivity contribution >= 4 is 23.8 Å². The molecule has 9 heteroatoms. The molecule has 0 aliphatic carbocycles. The Balaban J connectivity index is 4.23. The third kappa shape index (κ3) is 34.9. The summed E-state index contributed by atoms with van der Waals surface area (Å²) in [6.45, 7) is 3.50. The molecule has 0 aromatic rings. The Morgan fingerprint density at radius 3 is 1.25 bits per heavy atom. The predicted octanol–water partition coefficient (Wildman–Crippen LogP) is 10.5. The van der Waals surface area contributed by atoms with Gasteiger partial charge in [-0.2, -0.15) is 0 Å². The molecule has 52 heavy (non-hydrogen) atoms. The smallest absolute Gasteiger partial charge is 0.328 e. The van der Waals surface area contributed by atoms with Crippen molar-refractivity contribution in [1.82, 2.24) is 10.6 Å². The van der Waals surface area contributed by atoms with Crippen molar-refractivity contribution in [2.45, 2.75) is 238 Å². The maximum absolute atomic E-state index is 12.8. The fourth-order valence-electron chi connectivity index (χ4n) is 6.72. The Morgan fingerprint density at radius 1 is 0.500 bits per heavy atom. The Kier molecular flexibility index (Phi) is 37.0. The van der Waals surface area contributed by atoms with Crippen molar-refractivity contribution in [2.75, 3.05) is 13.2 Å². The first-order chi connectivity index (χ1) is 25.3. The van der Waals surface area contributed by atoms with Gasteiger partial charge in [0.2, 0.25) is 11.8 Å². The van der Waals surface area contributed by atoms with Gasteiger partial charge in [0.25, 0.3) is 0 Å². The number of nitrogens with one attached hydrogen (secondary N) is 2. The van der Waals surface area contributed by atoms with E-state index in [1.807, 2.05) is 0 Å². The summed E-state index contributed by atoms with van der Waals surface area (Å²) >= 11 is 0. The highest BCUT2D eigenvalue weighted by Crippen LogP contribution is 2.19. The zero-order chi connectivity index (χ0) is 38.3. The van der Waals surface area contributed by atoms with E-state index in [9.17, 15) is 19.2 Å². The van der Waals surface area contributed by atoms with Crippen molar-refractivity contribution in [3.63, 3.8) is 0 Å². The van der Waals surface area contributed by atoms with Crippen LogP contribution in [-0.4, -0.2) is 59.3 Å². The number of aliphatic carboxylic acids is 1. The van der Waals surface area contributed by atoms with Crippen molar-refractivity contribution in [3.05, 3.63) is 0 Å². The second kappa shape index (κ2) is 38.6. The third-order valence-corrected chi connectivity index (χ3v) is 10.1. The predicted molar refractivity (Wildman–Crippen MR) is 213 cm³/mol. The van der Waals surface area contributed by atoms with Crippen LogP contribution in [0.3, 0.4) is 0 Å². The molecular formula is C43H82N2O7. The van der Waals surface area contributed by atoms with Crippen LogP contribution in [0, 0.1) is 0 Å². The lowest BCUT2D eigenvalue weighted by Crippen LogP contribution is -2.47. The first-order valence-electron chi connectivity index (χ1n) is 21.9. The molecule has 2 unspecified atom stereocenters. The molecule has 4 N–H and O–H groups in total. The van der Waals surface area contributed by atoms with Gasteiger partial charge in [-0.05, 0) is 38.5 Å². The quantitative estimate of drug-likeness (QED) is 0.0362. The lowest BCUT2D eigenvalue weighted by molar-refractivity contribution is -0.150. The SMILES string of the molecule is CCCCCCCCCCCCCCCCC(=O)OC(CCCCCCCCCCCC)CCCCCCCC(=O)NCC(=O)NC(CO)C(=O)O. The molecule has 0 aromatic heterocycles. The van der Waals surface area contributed by atoms with Gasteiger partial charge in [0.15, 0.2) is 0 Å². The topological polar surface area (TPSA) is 142 Å². The maximum atomic E-state index is 12.8. The van der Waals surface area contributed by atoms with Crippen LogP contribution >= 0.6 is 0 Å². The molecule has 0 rings (SSSR count). The number of esters is 1. The molecule has 9 nitrogen and oxygen atoms in total. The number of amides is 2. The van der Waals surface area contributed by atoms with E-state index < -0.39 is 24.5 Å². The highest BCUT2D eigenvalue weighted by molar-refractivity contribution is 5.87. The van der Waals surface area contributed by atoms with Gasteiger partial charge >= 0.3 is 11.9 Å². The van der Waals surface area contributed by atoms with Crippen LogP contribution in [-0.2, 0) is 23.9 Å². The van der Waals surface area contributed by atoms with Crippen LogP contribution in [0.1, 0.15) is 226 Å². The van der Waals surface area contributed by atoms with Crippen LogP contribution < -0.4 is 10.6 Å². The van der Waals surface area contributed by atoms with E-state index in [-0.39, 0.29) is 24.5 Å². The number of aliphatic hydroxyl groups is 1. The number of ether oxygens (including phenoxy) is 1. The fraction of sp³-hybridized carbons (Fsp3) is 0.907. The molecule has 306 valence electrons. The molecule has 0 saturated heterocycles. The lowest BCUT2D eigenvalue weighted by Gasteiger charge is -2.18. The summed E-state index contributed by atoms with van der Waals surface area (Å²) in [6, 6.07) is -1.38. The maximum Gasteiger partial charge on any atom is 0.328 e. The molecule has 0 aliphatic heterocycles. The van der Waals surface area contributed by atoms with Gasteiger partial charge in [-0.1, -0.05) is 174 Å². The normalized spacial score (nSPS) is 12.4.